The van der Waals surface area contributed by atoms with Crippen molar-refractivity contribution in [1.29, 1.82) is 0 Å². The Kier molecular flexibility index (Phi) is 4.92. The Morgan fingerprint density at radius 1 is 1.18 bits per heavy atom. The number of rotatable bonds is 2. The van der Waals surface area contributed by atoms with Crippen LogP contribution in [0.2, 0.25) is 0 Å². The minimum atomic E-state index is -0.0839. The van der Waals surface area contributed by atoms with Gasteiger partial charge < -0.3 is 0 Å². The summed E-state index contributed by atoms with van der Waals surface area (Å²) in [5, 5.41) is 0. The smallest absolute Gasteiger partial charge is 0.141 e. The van der Waals surface area contributed by atoms with Crippen LogP contribution in [-0.4, -0.2) is 5.78 Å². The van der Waals surface area contributed by atoms with Gasteiger partial charge in [0, 0.05) is 11.3 Å². The second-order valence-corrected chi connectivity index (χ2v) is 5.17. The van der Waals surface area contributed by atoms with Crippen molar-refractivity contribution in [3.8, 4) is 0 Å². The highest BCUT2D eigenvalue weighted by Gasteiger charge is 2.39. The summed E-state index contributed by atoms with van der Waals surface area (Å²) in [4.78, 5) is 12.0. The van der Waals surface area contributed by atoms with Crippen LogP contribution in [0.15, 0.2) is 30.3 Å². The lowest BCUT2D eigenvalue weighted by Crippen LogP contribution is -2.22. The highest BCUT2D eigenvalue weighted by Crippen LogP contribution is 2.38. The molecule has 1 heteroatoms. The summed E-state index contributed by atoms with van der Waals surface area (Å²) < 4.78 is 0. The molecule has 0 saturated heterocycles. The molecule has 94 valence electrons. The van der Waals surface area contributed by atoms with Crippen molar-refractivity contribution in [2.24, 2.45) is 11.3 Å². The Morgan fingerprint density at radius 2 is 1.76 bits per heavy atom. The van der Waals surface area contributed by atoms with E-state index in [1.807, 2.05) is 32.0 Å². The quantitative estimate of drug-likeness (QED) is 0.744. The molecule has 1 atom stereocenters. The summed E-state index contributed by atoms with van der Waals surface area (Å²) in [6, 6.07) is 10.3. The number of carbonyl (C=O) groups is 1. The molecule has 1 unspecified atom stereocenters. The second kappa shape index (κ2) is 6.00. The van der Waals surface area contributed by atoms with E-state index in [-0.39, 0.29) is 11.3 Å². The Morgan fingerprint density at radius 3 is 2.24 bits per heavy atom. The molecule has 0 bridgehead atoms. The average molecular weight is 232 g/mol. The molecule has 1 saturated carbocycles. The van der Waals surface area contributed by atoms with Crippen LogP contribution in [0.1, 0.15) is 46.1 Å². The van der Waals surface area contributed by atoms with Gasteiger partial charge in [-0.1, -0.05) is 58.0 Å². The molecule has 0 radical (unpaired) electrons. The highest BCUT2D eigenvalue weighted by atomic mass is 16.1. The summed E-state index contributed by atoms with van der Waals surface area (Å²) in [5.41, 5.74) is 1.20. The summed E-state index contributed by atoms with van der Waals surface area (Å²) in [6.45, 7) is 8.14. The Labute approximate surface area is 105 Å². The first kappa shape index (κ1) is 14.0. The molecular weight excluding hydrogens is 208 g/mol. The fraction of sp³-hybridized carbons (Fsp3) is 0.562. The van der Waals surface area contributed by atoms with E-state index >= 15 is 0 Å². The number of hydrogen-bond acceptors (Lipinski definition) is 1. The van der Waals surface area contributed by atoms with Crippen molar-refractivity contribution in [2.75, 3.05) is 0 Å². The first-order chi connectivity index (χ1) is 8.09. The third kappa shape index (κ3) is 3.42. The zero-order chi connectivity index (χ0) is 12.9. The third-order valence-electron chi connectivity index (χ3n) is 3.48. The van der Waals surface area contributed by atoms with Gasteiger partial charge in [0.15, 0.2) is 0 Å². The molecule has 0 aliphatic heterocycles. The maximum absolute atomic E-state index is 12.0. The van der Waals surface area contributed by atoms with Crippen molar-refractivity contribution in [3.05, 3.63) is 35.9 Å². The molecule has 1 fully saturated rings. The van der Waals surface area contributed by atoms with Gasteiger partial charge in [0.25, 0.3) is 0 Å². The van der Waals surface area contributed by atoms with Crippen LogP contribution < -0.4 is 0 Å². The van der Waals surface area contributed by atoms with E-state index in [4.69, 9.17) is 0 Å². The van der Waals surface area contributed by atoms with E-state index in [9.17, 15) is 4.79 Å². The number of benzene rings is 1. The van der Waals surface area contributed by atoms with E-state index in [1.54, 1.807) is 0 Å². The van der Waals surface area contributed by atoms with Crippen LogP contribution in [0, 0.1) is 11.3 Å². The van der Waals surface area contributed by atoms with E-state index in [0.29, 0.717) is 5.78 Å². The molecule has 1 aromatic carbocycles. The summed E-state index contributed by atoms with van der Waals surface area (Å²) in [6.07, 6.45) is 3.02. The van der Waals surface area contributed by atoms with E-state index < -0.39 is 0 Å². The number of carbonyl (C=O) groups excluding carboxylic acids is 1. The normalized spacial score (nSPS) is 21.9. The standard InChI is InChI=1S/C14H18O.C2H6/c1-14(2)9-8-12(13(14)15)10-11-6-4-3-5-7-11;1-2/h3-7,12H,8-10H2,1-2H3;1-2H3. The van der Waals surface area contributed by atoms with Crippen molar-refractivity contribution < 1.29 is 4.79 Å². The summed E-state index contributed by atoms with van der Waals surface area (Å²) >= 11 is 0. The van der Waals surface area contributed by atoms with E-state index in [1.165, 1.54) is 5.56 Å². The largest absolute Gasteiger partial charge is 0.299 e. The minimum Gasteiger partial charge on any atom is -0.299 e. The molecule has 1 aliphatic carbocycles. The maximum atomic E-state index is 12.0. The first-order valence-electron chi connectivity index (χ1n) is 6.68. The number of hydrogen-bond donors (Lipinski definition) is 0. The molecule has 0 amide bonds. The molecule has 1 aromatic rings. The SMILES string of the molecule is CC.CC1(C)CCC(Cc2ccccc2)C1=O. The lowest BCUT2D eigenvalue weighted by molar-refractivity contribution is -0.127. The van der Waals surface area contributed by atoms with Crippen LogP contribution >= 0.6 is 0 Å². The van der Waals surface area contributed by atoms with Gasteiger partial charge in [0.05, 0.1) is 0 Å². The predicted molar refractivity (Wildman–Crippen MR) is 73.0 cm³/mol. The van der Waals surface area contributed by atoms with Crippen molar-refractivity contribution in [3.63, 3.8) is 0 Å². The molecule has 0 heterocycles. The van der Waals surface area contributed by atoms with Gasteiger partial charge in [-0.3, -0.25) is 4.79 Å². The minimum absolute atomic E-state index is 0.0839. The maximum Gasteiger partial charge on any atom is 0.141 e. The molecule has 1 aliphatic rings. The van der Waals surface area contributed by atoms with Gasteiger partial charge in [-0.15, -0.1) is 0 Å². The van der Waals surface area contributed by atoms with Crippen molar-refractivity contribution in [1.82, 2.24) is 0 Å². The van der Waals surface area contributed by atoms with Crippen LogP contribution in [-0.2, 0) is 11.2 Å². The molecule has 2 rings (SSSR count). The fourth-order valence-electron chi connectivity index (χ4n) is 2.44. The second-order valence-electron chi connectivity index (χ2n) is 5.17. The monoisotopic (exact) mass is 232 g/mol. The Balaban J connectivity index is 0.000000686. The molecule has 17 heavy (non-hydrogen) atoms. The molecule has 0 N–H and O–H groups in total. The summed E-state index contributed by atoms with van der Waals surface area (Å²) in [7, 11) is 0. The van der Waals surface area contributed by atoms with Crippen molar-refractivity contribution in [2.45, 2.75) is 47.0 Å². The zero-order valence-electron chi connectivity index (χ0n) is 11.5. The first-order valence-corrected chi connectivity index (χ1v) is 6.68. The van der Waals surface area contributed by atoms with E-state index in [2.05, 4.69) is 26.0 Å². The van der Waals surface area contributed by atoms with Gasteiger partial charge in [-0.05, 0) is 24.8 Å². The van der Waals surface area contributed by atoms with Crippen LogP contribution in [0.5, 0.6) is 0 Å². The average Bonchev–Trinajstić information content (AvgIpc) is 2.60. The third-order valence-corrected chi connectivity index (χ3v) is 3.48. The molecule has 0 spiro atoms. The van der Waals surface area contributed by atoms with Gasteiger partial charge in [0.1, 0.15) is 5.78 Å². The lowest BCUT2D eigenvalue weighted by atomic mass is 9.87. The van der Waals surface area contributed by atoms with Crippen LogP contribution in [0.25, 0.3) is 0 Å². The highest BCUT2D eigenvalue weighted by molar-refractivity contribution is 5.88. The van der Waals surface area contributed by atoms with Gasteiger partial charge in [-0.2, -0.15) is 0 Å². The fourth-order valence-corrected chi connectivity index (χ4v) is 2.44. The zero-order valence-corrected chi connectivity index (χ0v) is 11.5. The Bertz CT molecular complexity index is 351. The van der Waals surface area contributed by atoms with Gasteiger partial charge in [-0.25, -0.2) is 0 Å². The van der Waals surface area contributed by atoms with Crippen molar-refractivity contribution >= 4 is 5.78 Å². The molecule has 0 aromatic heterocycles. The lowest BCUT2D eigenvalue weighted by Gasteiger charge is -2.15. The van der Waals surface area contributed by atoms with Crippen LogP contribution in [0.3, 0.4) is 0 Å². The molecular formula is C16H24O. The topological polar surface area (TPSA) is 17.1 Å². The summed E-state index contributed by atoms with van der Waals surface area (Å²) in [5.74, 6) is 0.703. The van der Waals surface area contributed by atoms with Crippen LogP contribution in [0.4, 0.5) is 0 Å². The number of Topliss-reactive ketones (excluding diaryl/α,β-unsaturated/α-hetero) is 1. The van der Waals surface area contributed by atoms with Gasteiger partial charge >= 0.3 is 0 Å². The predicted octanol–water partition coefficient (Wildman–Crippen LogP) is 4.26. The van der Waals surface area contributed by atoms with E-state index in [0.717, 1.165) is 19.3 Å². The number of ketones is 1. The van der Waals surface area contributed by atoms with Gasteiger partial charge in [0.2, 0.25) is 0 Å². The Hall–Kier alpha value is -1.11. The molecule has 1 nitrogen and oxygen atoms in total.